The molecule has 102 valence electrons. The molecule has 0 aliphatic carbocycles. The Morgan fingerprint density at radius 3 is 2.95 bits per heavy atom. The minimum absolute atomic E-state index is 0.859. The highest BCUT2D eigenvalue weighted by molar-refractivity contribution is 9.10. The Hall–Kier alpha value is -1.37. The van der Waals surface area contributed by atoms with E-state index in [4.69, 9.17) is 0 Å². The maximum atomic E-state index is 4.23. The van der Waals surface area contributed by atoms with Crippen LogP contribution in [0.2, 0.25) is 0 Å². The Labute approximate surface area is 129 Å². The molecule has 2 heterocycles. The number of benzene rings is 1. The van der Waals surface area contributed by atoms with Gasteiger partial charge < -0.3 is 5.32 Å². The van der Waals surface area contributed by atoms with E-state index >= 15 is 0 Å². The molecule has 0 saturated heterocycles. The molecule has 6 heteroatoms. The Morgan fingerprint density at radius 1 is 1.25 bits per heavy atom. The molecule has 3 aromatic rings. The van der Waals surface area contributed by atoms with Gasteiger partial charge in [0, 0.05) is 22.1 Å². The lowest BCUT2D eigenvalue weighted by Gasteiger charge is -2.06. The predicted molar refractivity (Wildman–Crippen MR) is 84.0 cm³/mol. The highest BCUT2D eigenvalue weighted by Gasteiger charge is 2.09. The van der Waals surface area contributed by atoms with Crippen molar-refractivity contribution < 1.29 is 0 Å². The molecule has 0 aliphatic rings. The van der Waals surface area contributed by atoms with Crippen LogP contribution in [0.1, 0.15) is 5.56 Å². The highest BCUT2D eigenvalue weighted by Crippen LogP contribution is 2.33. The number of hydrogen-bond donors (Lipinski definition) is 1. The lowest BCUT2D eigenvalue weighted by Crippen LogP contribution is -2.04. The third-order valence-electron chi connectivity index (χ3n) is 2.86. The Balaban J connectivity index is 1.91. The van der Waals surface area contributed by atoms with Crippen LogP contribution in [0, 0.1) is 0 Å². The van der Waals surface area contributed by atoms with Crippen LogP contribution in [0.4, 0.5) is 0 Å². The molecule has 20 heavy (non-hydrogen) atoms. The van der Waals surface area contributed by atoms with Crippen LogP contribution in [0.25, 0.3) is 5.65 Å². The minimum Gasteiger partial charge on any atom is -0.316 e. The van der Waals surface area contributed by atoms with Crippen molar-refractivity contribution in [3.63, 3.8) is 0 Å². The van der Waals surface area contributed by atoms with Crippen LogP contribution in [0.3, 0.4) is 0 Å². The highest BCUT2D eigenvalue weighted by atomic mass is 79.9. The fraction of sp³-hybridized carbons (Fsp3) is 0.143. The van der Waals surface area contributed by atoms with Crippen molar-refractivity contribution in [2.24, 2.45) is 0 Å². The van der Waals surface area contributed by atoms with Crippen LogP contribution in [-0.2, 0) is 6.54 Å². The zero-order chi connectivity index (χ0) is 13.9. The van der Waals surface area contributed by atoms with E-state index in [9.17, 15) is 0 Å². The summed E-state index contributed by atoms with van der Waals surface area (Å²) in [4.78, 5) is 1.13. The fourth-order valence-corrected chi connectivity index (χ4v) is 3.42. The summed E-state index contributed by atoms with van der Waals surface area (Å²) < 4.78 is 3.06. The van der Waals surface area contributed by atoms with E-state index in [-0.39, 0.29) is 0 Å². The second kappa shape index (κ2) is 5.95. The van der Waals surface area contributed by atoms with Gasteiger partial charge in [-0.05, 0) is 64.6 Å². The lowest BCUT2D eigenvalue weighted by atomic mass is 10.2. The van der Waals surface area contributed by atoms with Gasteiger partial charge in [-0.3, -0.25) is 4.40 Å². The van der Waals surface area contributed by atoms with Gasteiger partial charge in [-0.1, -0.05) is 12.1 Å². The van der Waals surface area contributed by atoms with E-state index in [0.29, 0.717) is 0 Å². The van der Waals surface area contributed by atoms with Crippen molar-refractivity contribution in [2.45, 2.75) is 16.6 Å². The molecule has 3 rings (SSSR count). The molecule has 0 aliphatic heterocycles. The summed E-state index contributed by atoms with van der Waals surface area (Å²) in [6, 6.07) is 12.2. The Kier molecular flexibility index (Phi) is 4.05. The summed E-state index contributed by atoms with van der Waals surface area (Å²) in [5, 5.41) is 12.4. The summed E-state index contributed by atoms with van der Waals surface area (Å²) in [6.45, 7) is 0.859. The van der Waals surface area contributed by atoms with Gasteiger partial charge in [0.25, 0.3) is 0 Å². The molecule has 2 aromatic heterocycles. The van der Waals surface area contributed by atoms with E-state index in [0.717, 1.165) is 26.7 Å². The normalized spacial score (nSPS) is 11.1. The van der Waals surface area contributed by atoms with Gasteiger partial charge in [0.05, 0.1) is 0 Å². The maximum Gasteiger partial charge on any atom is 0.200 e. The third kappa shape index (κ3) is 2.72. The molecular weight excluding hydrogens is 336 g/mol. The van der Waals surface area contributed by atoms with Gasteiger partial charge in [0.1, 0.15) is 0 Å². The van der Waals surface area contributed by atoms with Gasteiger partial charge in [0.15, 0.2) is 10.8 Å². The molecule has 0 bridgehead atoms. The Bertz CT molecular complexity index is 741. The van der Waals surface area contributed by atoms with E-state index in [1.165, 1.54) is 5.56 Å². The summed E-state index contributed by atoms with van der Waals surface area (Å²) in [5.41, 5.74) is 2.10. The molecule has 4 nitrogen and oxygen atoms in total. The molecule has 0 fully saturated rings. The number of hydrogen-bond acceptors (Lipinski definition) is 4. The second-order valence-corrected chi connectivity index (χ2v) is 6.17. The predicted octanol–water partition coefficient (Wildman–Crippen LogP) is 3.36. The van der Waals surface area contributed by atoms with Crippen molar-refractivity contribution in [1.29, 1.82) is 0 Å². The summed E-state index contributed by atoms with van der Waals surface area (Å²) >= 11 is 5.22. The average Bonchev–Trinajstić information content (AvgIpc) is 2.86. The Morgan fingerprint density at radius 2 is 2.15 bits per heavy atom. The summed E-state index contributed by atoms with van der Waals surface area (Å²) in [5.74, 6) is 0. The largest absolute Gasteiger partial charge is 0.316 e. The first-order valence-corrected chi connectivity index (χ1v) is 7.79. The zero-order valence-corrected chi connectivity index (χ0v) is 13.3. The van der Waals surface area contributed by atoms with Crippen molar-refractivity contribution in [2.75, 3.05) is 7.05 Å². The quantitative estimate of drug-likeness (QED) is 0.784. The number of nitrogens with one attached hydrogen (secondary N) is 1. The third-order valence-corrected chi connectivity index (χ3v) is 4.82. The first-order valence-electron chi connectivity index (χ1n) is 6.18. The van der Waals surface area contributed by atoms with Gasteiger partial charge in [-0.15, -0.1) is 10.2 Å². The maximum absolute atomic E-state index is 4.23. The molecule has 1 aromatic carbocycles. The van der Waals surface area contributed by atoms with Crippen LogP contribution >= 0.6 is 27.7 Å². The first kappa shape index (κ1) is 13.6. The topological polar surface area (TPSA) is 42.2 Å². The number of aromatic nitrogens is 3. The molecule has 0 unspecified atom stereocenters. The van der Waals surface area contributed by atoms with Crippen LogP contribution in [0.15, 0.2) is 57.1 Å². The number of halogens is 1. The molecular formula is C14H13BrN4S. The van der Waals surface area contributed by atoms with Crippen LogP contribution in [0.5, 0.6) is 0 Å². The van der Waals surface area contributed by atoms with E-state index < -0.39 is 0 Å². The van der Waals surface area contributed by atoms with Crippen molar-refractivity contribution in [1.82, 2.24) is 19.9 Å². The molecule has 1 N–H and O–H groups in total. The average molecular weight is 349 g/mol. The van der Waals surface area contributed by atoms with E-state index in [2.05, 4.69) is 49.6 Å². The summed E-state index contributed by atoms with van der Waals surface area (Å²) in [6.07, 6.45) is 1.97. The minimum atomic E-state index is 0.859. The lowest BCUT2D eigenvalue weighted by molar-refractivity contribution is 0.816. The van der Waals surface area contributed by atoms with Gasteiger partial charge in [0.2, 0.25) is 0 Å². The smallest absolute Gasteiger partial charge is 0.200 e. The van der Waals surface area contributed by atoms with Gasteiger partial charge in [-0.25, -0.2) is 0 Å². The number of fused-ring (bicyclic) bond motifs is 1. The summed E-state index contributed by atoms with van der Waals surface area (Å²) in [7, 11) is 1.94. The van der Waals surface area contributed by atoms with E-state index in [1.54, 1.807) is 11.8 Å². The van der Waals surface area contributed by atoms with E-state index in [1.807, 2.05) is 35.8 Å². The molecule has 0 atom stereocenters. The molecule has 0 saturated carbocycles. The number of pyridine rings is 1. The standard InChI is InChI=1S/C14H13BrN4S/c1-16-9-10-5-6-12(11(15)8-10)20-14-18-17-13-4-2-3-7-19(13)14/h2-8,16H,9H2,1H3. The van der Waals surface area contributed by atoms with Crippen molar-refractivity contribution >= 4 is 33.3 Å². The SMILES string of the molecule is CNCc1ccc(Sc2nnc3ccccn23)c(Br)c1. The number of rotatable bonds is 4. The van der Waals surface area contributed by atoms with Crippen molar-refractivity contribution in [3.05, 3.63) is 52.6 Å². The molecule has 0 spiro atoms. The second-order valence-electron chi connectivity index (χ2n) is 4.31. The monoisotopic (exact) mass is 348 g/mol. The number of nitrogens with zero attached hydrogens (tertiary/aromatic N) is 3. The first-order chi connectivity index (χ1) is 9.78. The van der Waals surface area contributed by atoms with Gasteiger partial charge in [-0.2, -0.15) is 0 Å². The van der Waals surface area contributed by atoms with Gasteiger partial charge >= 0.3 is 0 Å². The fourth-order valence-electron chi connectivity index (χ4n) is 1.93. The van der Waals surface area contributed by atoms with Crippen LogP contribution in [-0.4, -0.2) is 21.6 Å². The molecule has 0 radical (unpaired) electrons. The van der Waals surface area contributed by atoms with Crippen LogP contribution < -0.4 is 5.32 Å². The zero-order valence-electron chi connectivity index (χ0n) is 10.9. The van der Waals surface area contributed by atoms with Crippen molar-refractivity contribution in [3.8, 4) is 0 Å². The molecule has 0 amide bonds.